The van der Waals surface area contributed by atoms with Crippen LogP contribution in [-0.2, 0) is 5.60 Å². The maximum Gasteiger partial charge on any atom is 0.130 e. The van der Waals surface area contributed by atoms with E-state index in [-0.39, 0.29) is 0 Å². The van der Waals surface area contributed by atoms with Crippen LogP contribution in [-0.4, -0.2) is 5.11 Å². The average Bonchev–Trinajstić information content (AvgIpc) is 2.00. The summed E-state index contributed by atoms with van der Waals surface area (Å²) >= 11 is 5.61. The minimum Gasteiger partial charge on any atom is -0.385 e. The quantitative estimate of drug-likeness (QED) is 0.739. The van der Waals surface area contributed by atoms with Crippen LogP contribution in [0.2, 0.25) is 5.02 Å². The van der Waals surface area contributed by atoms with Crippen molar-refractivity contribution in [1.29, 1.82) is 0 Å². The molecule has 1 aromatic carbocycles. The lowest BCUT2D eigenvalue weighted by molar-refractivity contribution is -0.0416. The Morgan fingerprint density at radius 1 is 1.38 bits per heavy atom. The summed E-state index contributed by atoms with van der Waals surface area (Å²) in [6.07, 6.45) is 2.25. The van der Waals surface area contributed by atoms with E-state index in [2.05, 4.69) is 0 Å². The van der Waals surface area contributed by atoms with Crippen molar-refractivity contribution in [2.24, 2.45) is 0 Å². The third kappa shape index (κ3) is 1.45. The van der Waals surface area contributed by atoms with Crippen molar-refractivity contribution in [3.63, 3.8) is 0 Å². The Morgan fingerprint density at radius 3 is 2.54 bits per heavy atom. The normalized spacial score (nSPS) is 19.6. The summed E-state index contributed by atoms with van der Waals surface area (Å²) in [7, 11) is 0. The summed E-state index contributed by atoms with van der Waals surface area (Å²) in [6, 6.07) is 4.42. The fraction of sp³-hybridized carbons (Fsp3) is 0.400. The molecule has 0 atom stereocenters. The summed E-state index contributed by atoms with van der Waals surface area (Å²) in [5, 5.41) is 10.2. The molecule has 70 valence electrons. The molecule has 1 N–H and O–H groups in total. The van der Waals surface area contributed by atoms with Gasteiger partial charge in [0.2, 0.25) is 0 Å². The first-order valence-electron chi connectivity index (χ1n) is 4.30. The van der Waals surface area contributed by atoms with Crippen molar-refractivity contribution in [2.45, 2.75) is 24.9 Å². The molecular formula is C10H10ClFO. The van der Waals surface area contributed by atoms with E-state index in [0.29, 0.717) is 23.4 Å². The highest BCUT2D eigenvalue weighted by molar-refractivity contribution is 6.30. The van der Waals surface area contributed by atoms with Crippen LogP contribution in [0.3, 0.4) is 0 Å². The van der Waals surface area contributed by atoms with Gasteiger partial charge in [-0.3, -0.25) is 0 Å². The number of benzene rings is 1. The van der Waals surface area contributed by atoms with Crippen LogP contribution < -0.4 is 0 Å². The van der Waals surface area contributed by atoms with Gasteiger partial charge in [-0.25, -0.2) is 4.39 Å². The summed E-state index contributed by atoms with van der Waals surface area (Å²) < 4.78 is 13.3. The van der Waals surface area contributed by atoms with Crippen molar-refractivity contribution in [3.8, 4) is 0 Å². The van der Waals surface area contributed by atoms with Gasteiger partial charge >= 0.3 is 0 Å². The molecule has 0 unspecified atom stereocenters. The second-order valence-electron chi connectivity index (χ2n) is 3.51. The largest absolute Gasteiger partial charge is 0.385 e. The zero-order valence-corrected chi connectivity index (χ0v) is 7.81. The zero-order valence-electron chi connectivity index (χ0n) is 7.06. The molecule has 2 rings (SSSR count). The molecule has 0 bridgehead atoms. The Labute approximate surface area is 81.1 Å². The molecule has 0 aliphatic heterocycles. The Kier molecular flexibility index (Phi) is 2.05. The number of rotatable bonds is 1. The van der Waals surface area contributed by atoms with E-state index in [9.17, 15) is 9.50 Å². The molecule has 0 amide bonds. The van der Waals surface area contributed by atoms with Gasteiger partial charge in [0.25, 0.3) is 0 Å². The Morgan fingerprint density at radius 2 is 2.08 bits per heavy atom. The van der Waals surface area contributed by atoms with Crippen LogP contribution in [0.1, 0.15) is 24.8 Å². The number of hydrogen-bond acceptors (Lipinski definition) is 1. The lowest BCUT2D eigenvalue weighted by Gasteiger charge is -2.37. The van der Waals surface area contributed by atoms with E-state index in [1.165, 1.54) is 6.07 Å². The van der Waals surface area contributed by atoms with Crippen LogP contribution in [0.5, 0.6) is 0 Å². The zero-order chi connectivity index (χ0) is 9.47. The van der Waals surface area contributed by atoms with Crippen LogP contribution >= 0.6 is 11.6 Å². The predicted molar refractivity (Wildman–Crippen MR) is 49.2 cm³/mol. The molecule has 13 heavy (non-hydrogen) atoms. The van der Waals surface area contributed by atoms with Gasteiger partial charge in [0.15, 0.2) is 0 Å². The third-order valence-electron chi connectivity index (χ3n) is 2.61. The predicted octanol–water partition coefficient (Wildman–Crippen LogP) is 2.85. The van der Waals surface area contributed by atoms with E-state index in [1.54, 1.807) is 12.1 Å². The first kappa shape index (κ1) is 8.97. The van der Waals surface area contributed by atoms with Crippen molar-refractivity contribution < 1.29 is 9.50 Å². The molecule has 1 nitrogen and oxygen atoms in total. The Balaban J connectivity index is 2.40. The van der Waals surface area contributed by atoms with Crippen LogP contribution in [0.15, 0.2) is 18.2 Å². The summed E-state index contributed by atoms with van der Waals surface area (Å²) in [5.74, 6) is -0.408. The van der Waals surface area contributed by atoms with Gasteiger partial charge in [0.1, 0.15) is 5.82 Å². The molecule has 1 saturated carbocycles. The van der Waals surface area contributed by atoms with Crippen LogP contribution in [0, 0.1) is 5.82 Å². The molecule has 1 aromatic rings. The van der Waals surface area contributed by atoms with Gasteiger partial charge in [-0.1, -0.05) is 17.7 Å². The lowest BCUT2D eigenvalue weighted by atomic mass is 9.75. The second-order valence-corrected chi connectivity index (χ2v) is 3.95. The van der Waals surface area contributed by atoms with E-state index in [1.807, 2.05) is 0 Å². The Hall–Kier alpha value is -0.600. The van der Waals surface area contributed by atoms with Crippen molar-refractivity contribution >= 4 is 11.6 Å². The van der Waals surface area contributed by atoms with Gasteiger partial charge in [-0.15, -0.1) is 0 Å². The van der Waals surface area contributed by atoms with Gasteiger partial charge in [0, 0.05) is 10.6 Å². The van der Waals surface area contributed by atoms with Gasteiger partial charge in [-0.2, -0.15) is 0 Å². The molecule has 0 heterocycles. The first-order chi connectivity index (χ1) is 6.12. The first-order valence-corrected chi connectivity index (χ1v) is 4.67. The minimum absolute atomic E-state index is 0.365. The summed E-state index contributed by atoms with van der Waals surface area (Å²) in [4.78, 5) is 0. The average molecular weight is 201 g/mol. The monoisotopic (exact) mass is 200 g/mol. The minimum atomic E-state index is -0.936. The Bertz CT molecular complexity index is 334. The van der Waals surface area contributed by atoms with E-state index in [4.69, 9.17) is 11.6 Å². The summed E-state index contributed by atoms with van der Waals surface area (Å²) in [5.41, 5.74) is -0.558. The number of halogens is 2. The second kappa shape index (κ2) is 2.96. The SMILES string of the molecule is OC1(c2ccc(Cl)cc2F)CCC1. The van der Waals surface area contributed by atoms with Crippen LogP contribution in [0.4, 0.5) is 4.39 Å². The van der Waals surface area contributed by atoms with Crippen molar-refractivity contribution in [3.05, 3.63) is 34.6 Å². The molecule has 1 aliphatic carbocycles. The van der Waals surface area contributed by atoms with Crippen molar-refractivity contribution in [2.75, 3.05) is 0 Å². The standard InChI is InChI=1S/C10H10ClFO/c11-7-2-3-8(9(12)6-7)10(13)4-1-5-10/h2-3,6,13H,1,4-5H2. The molecule has 0 spiro atoms. The smallest absolute Gasteiger partial charge is 0.130 e. The molecule has 0 radical (unpaired) electrons. The van der Waals surface area contributed by atoms with E-state index in [0.717, 1.165) is 6.42 Å². The molecule has 1 aliphatic rings. The van der Waals surface area contributed by atoms with Crippen molar-refractivity contribution in [1.82, 2.24) is 0 Å². The highest BCUT2D eigenvalue weighted by Crippen LogP contribution is 2.42. The molecule has 1 fully saturated rings. The van der Waals surface area contributed by atoms with E-state index >= 15 is 0 Å². The number of aliphatic hydroxyl groups is 1. The maximum absolute atomic E-state index is 13.3. The topological polar surface area (TPSA) is 20.2 Å². The molecular weight excluding hydrogens is 191 g/mol. The fourth-order valence-electron chi connectivity index (χ4n) is 1.65. The molecule has 0 saturated heterocycles. The van der Waals surface area contributed by atoms with Gasteiger partial charge < -0.3 is 5.11 Å². The van der Waals surface area contributed by atoms with Gasteiger partial charge in [-0.05, 0) is 31.4 Å². The fourth-order valence-corrected chi connectivity index (χ4v) is 1.81. The van der Waals surface area contributed by atoms with E-state index < -0.39 is 11.4 Å². The van der Waals surface area contributed by atoms with Gasteiger partial charge in [0.05, 0.1) is 5.60 Å². The lowest BCUT2D eigenvalue weighted by Crippen LogP contribution is -2.34. The highest BCUT2D eigenvalue weighted by atomic mass is 35.5. The molecule has 0 aromatic heterocycles. The summed E-state index contributed by atoms with van der Waals surface area (Å²) in [6.45, 7) is 0. The number of hydrogen-bond donors (Lipinski definition) is 1. The maximum atomic E-state index is 13.3. The third-order valence-corrected chi connectivity index (χ3v) is 2.85. The molecule has 3 heteroatoms. The highest BCUT2D eigenvalue weighted by Gasteiger charge is 2.38. The van der Waals surface area contributed by atoms with Crippen LogP contribution in [0.25, 0.3) is 0 Å².